The number of hydrogen-bond acceptors (Lipinski definition) is 5. The molecule has 0 radical (unpaired) electrons. The Morgan fingerprint density at radius 3 is 2.75 bits per heavy atom. The Hall–Kier alpha value is -3.69. The minimum atomic E-state index is -3.04. The van der Waals surface area contributed by atoms with E-state index in [1.807, 2.05) is 30.3 Å². The molecule has 1 aliphatic rings. The highest BCUT2D eigenvalue weighted by Crippen LogP contribution is 2.37. The van der Waals surface area contributed by atoms with E-state index in [0.29, 0.717) is 22.9 Å². The van der Waals surface area contributed by atoms with E-state index in [-0.39, 0.29) is 18.7 Å². The lowest BCUT2D eigenvalue weighted by Gasteiger charge is -2.37. The van der Waals surface area contributed by atoms with E-state index in [9.17, 15) is 13.6 Å². The second kappa shape index (κ2) is 7.47. The van der Waals surface area contributed by atoms with Gasteiger partial charge in [-0.3, -0.25) is 9.48 Å². The van der Waals surface area contributed by atoms with Crippen LogP contribution in [0.1, 0.15) is 34.2 Å². The van der Waals surface area contributed by atoms with Crippen LogP contribution in [-0.4, -0.2) is 59.2 Å². The smallest absolute Gasteiger partial charge is 0.272 e. The summed E-state index contributed by atoms with van der Waals surface area (Å²) >= 11 is 0. The molecule has 1 unspecified atom stereocenters. The molecule has 1 aliphatic heterocycles. The summed E-state index contributed by atoms with van der Waals surface area (Å²) in [4.78, 5) is 22.9. The van der Waals surface area contributed by atoms with E-state index in [4.69, 9.17) is 0 Å². The first-order chi connectivity index (χ1) is 15.3. The van der Waals surface area contributed by atoms with Gasteiger partial charge in [0.1, 0.15) is 12.0 Å². The SMILES string of the molecule is Cc1cc(C2CN(C(=O)c3cc(-c4ccccc4)nn3C)CC(F)(F)C2)n2ncnc2n1. The van der Waals surface area contributed by atoms with Gasteiger partial charge in [0.05, 0.1) is 17.9 Å². The third kappa shape index (κ3) is 3.61. The molecule has 164 valence electrons. The van der Waals surface area contributed by atoms with E-state index in [0.717, 1.165) is 5.56 Å². The van der Waals surface area contributed by atoms with Gasteiger partial charge in [-0.05, 0) is 19.1 Å². The van der Waals surface area contributed by atoms with Crippen LogP contribution in [0.2, 0.25) is 0 Å². The van der Waals surface area contributed by atoms with Crippen molar-refractivity contribution in [1.29, 1.82) is 0 Å². The van der Waals surface area contributed by atoms with Crippen LogP contribution in [0.15, 0.2) is 48.8 Å². The summed E-state index contributed by atoms with van der Waals surface area (Å²) in [5.41, 5.74) is 2.95. The van der Waals surface area contributed by atoms with Crippen LogP contribution in [0, 0.1) is 6.92 Å². The molecule has 5 rings (SSSR count). The van der Waals surface area contributed by atoms with E-state index >= 15 is 0 Å². The molecule has 32 heavy (non-hydrogen) atoms. The number of carbonyl (C=O) groups is 1. The number of rotatable bonds is 3. The lowest BCUT2D eigenvalue weighted by Crippen LogP contribution is -2.49. The van der Waals surface area contributed by atoms with Crippen molar-refractivity contribution >= 4 is 11.7 Å². The zero-order chi connectivity index (χ0) is 22.5. The molecule has 0 saturated carbocycles. The van der Waals surface area contributed by atoms with Crippen LogP contribution in [0.3, 0.4) is 0 Å². The second-order valence-electron chi connectivity index (χ2n) is 8.14. The minimum absolute atomic E-state index is 0.138. The average molecular weight is 437 g/mol. The standard InChI is InChI=1S/C22H21F2N7O/c1-14-8-18(31-21(27-14)25-13-26-31)16-10-22(23,24)12-30(11-16)20(32)19-9-17(28-29(19)2)15-6-4-3-5-7-15/h3-9,13,16H,10-12H2,1-2H3. The van der Waals surface area contributed by atoms with Crippen molar-refractivity contribution in [3.63, 3.8) is 0 Å². The van der Waals surface area contributed by atoms with Gasteiger partial charge in [0, 0.05) is 37.2 Å². The third-order valence-corrected chi connectivity index (χ3v) is 5.69. The fourth-order valence-electron chi connectivity index (χ4n) is 4.28. The summed E-state index contributed by atoms with van der Waals surface area (Å²) in [6.07, 6.45) is 0.964. The summed E-state index contributed by atoms with van der Waals surface area (Å²) in [5, 5.41) is 8.55. The molecule has 8 nitrogen and oxygen atoms in total. The van der Waals surface area contributed by atoms with E-state index in [1.165, 1.54) is 20.4 Å². The Labute approximate surface area is 182 Å². The van der Waals surface area contributed by atoms with Gasteiger partial charge in [-0.1, -0.05) is 30.3 Å². The number of benzene rings is 1. The van der Waals surface area contributed by atoms with Crippen molar-refractivity contribution in [2.75, 3.05) is 13.1 Å². The van der Waals surface area contributed by atoms with Gasteiger partial charge in [0.25, 0.3) is 17.6 Å². The number of aromatic nitrogens is 6. The summed E-state index contributed by atoms with van der Waals surface area (Å²) in [6, 6.07) is 12.8. The largest absolute Gasteiger partial charge is 0.331 e. The molecule has 0 aliphatic carbocycles. The number of halogens is 2. The number of nitrogens with zero attached hydrogens (tertiary/aromatic N) is 7. The topological polar surface area (TPSA) is 81.2 Å². The summed E-state index contributed by atoms with van der Waals surface area (Å²) in [7, 11) is 1.64. The molecule has 0 spiro atoms. The maximum absolute atomic E-state index is 14.8. The van der Waals surface area contributed by atoms with Crippen LogP contribution < -0.4 is 0 Å². The molecule has 3 aromatic heterocycles. The molecule has 1 amide bonds. The maximum Gasteiger partial charge on any atom is 0.272 e. The predicted molar refractivity (Wildman–Crippen MR) is 112 cm³/mol. The number of likely N-dealkylation sites (tertiary alicyclic amines) is 1. The van der Waals surface area contributed by atoms with Crippen molar-refractivity contribution in [2.45, 2.75) is 25.2 Å². The quantitative estimate of drug-likeness (QED) is 0.492. The Balaban J connectivity index is 1.48. The van der Waals surface area contributed by atoms with Crippen LogP contribution in [-0.2, 0) is 7.05 Å². The number of hydrogen-bond donors (Lipinski definition) is 0. The Morgan fingerprint density at radius 2 is 1.97 bits per heavy atom. The van der Waals surface area contributed by atoms with Crippen molar-refractivity contribution in [3.05, 3.63) is 65.9 Å². The van der Waals surface area contributed by atoms with Gasteiger partial charge >= 0.3 is 0 Å². The molecular weight excluding hydrogens is 416 g/mol. The molecule has 4 heterocycles. The molecule has 1 fully saturated rings. The summed E-state index contributed by atoms with van der Waals surface area (Å²) in [6.45, 7) is 1.28. The van der Waals surface area contributed by atoms with Crippen molar-refractivity contribution in [3.8, 4) is 11.3 Å². The molecule has 1 saturated heterocycles. The fraction of sp³-hybridized carbons (Fsp3) is 0.318. The van der Waals surface area contributed by atoms with Crippen molar-refractivity contribution in [2.24, 2.45) is 7.05 Å². The first-order valence-corrected chi connectivity index (χ1v) is 10.2. The summed E-state index contributed by atoms with van der Waals surface area (Å²) in [5.74, 6) is -3.78. The molecule has 0 N–H and O–H groups in total. The maximum atomic E-state index is 14.8. The summed E-state index contributed by atoms with van der Waals surface area (Å²) < 4.78 is 32.5. The number of carbonyl (C=O) groups excluding carboxylic acids is 1. The number of amides is 1. The lowest BCUT2D eigenvalue weighted by atomic mass is 9.91. The highest BCUT2D eigenvalue weighted by molar-refractivity contribution is 5.94. The molecule has 1 atom stereocenters. The highest BCUT2D eigenvalue weighted by atomic mass is 19.3. The molecule has 10 heteroatoms. The van der Waals surface area contributed by atoms with Gasteiger partial charge in [0.15, 0.2) is 0 Å². The van der Waals surface area contributed by atoms with Gasteiger partial charge in [0.2, 0.25) is 0 Å². The molecular formula is C22H21F2N7O. The zero-order valence-electron chi connectivity index (χ0n) is 17.6. The zero-order valence-corrected chi connectivity index (χ0v) is 17.6. The van der Waals surface area contributed by atoms with Crippen molar-refractivity contribution < 1.29 is 13.6 Å². The Bertz CT molecular complexity index is 1300. The minimum Gasteiger partial charge on any atom is -0.331 e. The van der Waals surface area contributed by atoms with Crippen LogP contribution in [0.4, 0.5) is 8.78 Å². The first kappa shape index (κ1) is 20.2. The van der Waals surface area contributed by atoms with Crippen LogP contribution in [0.25, 0.3) is 17.0 Å². The highest BCUT2D eigenvalue weighted by Gasteiger charge is 2.44. The number of aryl methyl sites for hydroxylation is 2. The average Bonchev–Trinajstić information content (AvgIpc) is 3.38. The van der Waals surface area contributed by atoms with Crippen molar-refractivity contribution in [1.82, 2.24) is 34.3 Å². The van der Waals surface area contributed by atoms with Gasteiger partial charge in [-0.2, -0.15) is 15.2 Å². The molecule has 0 bridgehead atoms. The third-order valence-electron chi connectivity index (χ3n) is 5.69. The number of fused-ring (bicyclic) bond motifs is 1. The predicted octanol–water partition coefficient (Wildman–Crippen LogP) is 3.10. The molecule has 4 aromatic rings. The van der Waals surface area contributed by atoms with E-state index in [2.05, 4.69) is 20.2 Å². The van der Waals surface area contributed by atoms with Gasteiger partial charge < -0.3 is 4.90 Å². The van der Waals surface area contributed by atoms with Crippen LogP contribution in [0.5, 0.6) is 0 Å². The first-order valence-electron chi connectivity index (χ1n) is 10.2. The number of alkyl halides is 2. The fourth-order valence-corrected chi connectivity index (χ4v) is 4.28. The van der Waals surface area contributed by atoms with E-state index in [1.54, 1.807) is 26.1 Å². The van der Waals surface area contributed by atoms with Crippen LogP contribution >= 0.6 is 0 Å². The lowest BCUT2D eigenvalue weighted by molar-refractivity contribution is -0.0643. The second-order valence-corrected chi connectivity index (χ2v) is 8.14. The van der Waals surface area contributed by atoms with E-state index < -0.39 is 24.3 Å². The monoisotopic (exact) mass is 437 g/mol. The molecule has 1 aromatic carbocycles. The van der Waals surface area contributed by atoms with Gasteiger partial charge in [-0.25, -0.2) is 18.3 Å². The Kier molecular flexibility index (Phi) is 4.72. The normalized spacial score (nSPS) is 18.2. The Morgan fingerprint density at radius 1 is 1.19 bits per heavy atom. The van der Waals surface area contributed by atoms with Gasteiger partial charge in [-0.15, -0.1) is 0 Å². The number of piperidine rings is 1.